The molecule has 0 aromatic rings. The van der Waals surface area contributed by atoms with Crippen LogP contribution in [-0.2, 0) is 19.1 Å². The van der Waals surface area contributed by atoms with Crippen molar-refractivity contribution < 1.29 is 24.2 Å². The fourth-order valence-electron chi connectivity index (χ4n) is 5.57. The van der Waals surface area contributed by atoms with Crippen molar-refractivity contribution in [2.75, 3.05) is 19.8 Å². The third-order valence-electron chi connectivity index (χ3n) is 6.19. The number of rotatable bonds is 8. The zero-order valence-electron chi connectivity index (χ0n) is 20.1. The number of amides is 2. The van der Waals surface area contributed by atoms with Crippen molar-refractivity contribution in [1.82, 2.24) is 10.2 Å². The van der Waals surface area contributed by atoms with Gasteiger partial charge in [-0.25, -0.2) is 0 Å². The van der Waals surface area contributed by atoms with Gasteiger partial charge in [0.05, 0.1) is 25.0 Å². The second-order valence-corrected chi connectivity index (χ2v) is 10.6. The summed E-state index contributed by atoms with van der Waals surface area (Å²) < 4.78 is 5.30. The van der Waals surface area contributed by atoms with Crippen LogP contribution in [0.2, 0.25) is 0 Å². The topological polar surface area (TPSA) is 95.9 Å². The van der Waals surface area contributed by atoms with E-state index in [9.17, 15) is 19.5 Å². The Hall–Kier alpha value is -1.89. The normalized spacial score (nSPS) is 28.5. The molecule has 0 unspecified atom stereocenters. The molecule has 1 fully saturated rings. The number of allylic oxidation sites excluding steroid dienone is 1. The first-order chi connectivity index (χ1) is 14.4. The van der Waals surface area contributed by atoms with E-state index in [1.807, 2.05) is 32.9 Å². The lowest BCUT2D eigenvalue weighted by molar-refractivity contribution is -0.155. The Morgan fingerprint density at radius 1 is 1.16 bits per heavy atom. The molecule has 0 radical (unpaired) electrons. The first-order valence-electron chi connectivity index (χ1n) is 11.4. The Morgan fingerprint density at radius 3 is 2.32 bits per heavy atom. The monoisotopic (exact) mass is 436 g/mol. The molecule has 2 aliphatic rings. The van der Waals surface area contributed by atoms with Crippen LogP contribution < -0.4 is 5.32 Å². The molecule has 0 aromatic carbocycles. The van der Waals surface area contributed by atoms with Crippen LogP contribution in [0.25, 0.3) is 0 Å². The molecule has 7 heteroatoms. The lowest BCUT2D eigenvalue weighted by Gasteiger charge is -2.37. The van der Waals surface area contributed by atoms with Crippen LogP contribution in [0.5, 0.6) is 0 Å². The van der Waals surface area contributed by atoms with Crippen LogP contribution in [0.4, 0.5) is 0 Å². The minimum Gasteiger partial charge on any atom is -0.466 e. The maximum Gasteiger partial charge on any atom is 0.310 e. The number of likely N-dealkylation sites (tertiary alicyclic amines) is 1. The van der Waals surface area contributed by atoms with E-state index in [2.05, 4.69) is 26.1 Å². The molecule has 176 valence electrons. The highest BCUT2D eigenvalue weighted by atomic mass is 16.5. The molecule has 2 rings (SSSR count). The molecule has 0 spiro atoms. The average molecular weight is 437 g/mol. The number of carbonyl (C=O) groups excluding carboxylic acids is 3. The molecule has 5 atom stereocenters. The quantitative estimate of drug-likeness (QED) is 0.450. The van der Waals surface area contributed by atoms with Crippen molar-refractivity contribution in [1.29, 1.82) is 0 Å². The van der Waals surface area contributed by atoms with E-state index < -0.39 is 29.3 Å². The summed E-state index contributed by atoms with van der Waals surface area (Å²) in [5.74, 6) is -2.70. The SMILES string of the molecule is CCOC(=O)[C@H]1[C@H]2C(=O)N(CCO)[C@H](C(=O)NC(C)(C)CC(C)(C)C)[C@H]2C=C[C@H]1CC. The molecule has 1 aliphatic heterocycles. The lowest BCUT2D eigenvalue weighted by atomic mass is 9.69. The minimum absolute atomic E-state index is 0.0176. The number of fused-ring (bicyclic) bond motifs is 1. The van der Waals surface area contributed by atoms with Gasteiger partial charge >= 0.3 is 5.97 Å². The molecule has 1 heterocycles. The summed E-state index contributed by atoms with van der Waals surface area (Å²) in [6.45, 7) is 14.1. The van der Waals surface area contributed by atoms with Crippen molar-refractivity contribution in [3.05, 3.63) is 12.2 Å². The molecule has 7 nitrogen and oxygen atoms in total. The largest absolute Gasteiger partial charge is 0.466 e. The first-order valence-corrected chi connectivity index (χ1v) is 11.4. The van der Waals surface area contributed by atoms with Gasteiger partial charge in [0, 0.05) is 18.0 Å². The fourth-order valence-corrected chi connectivity index (χ4v) is 5.57. The summed E-state index contributed by atoms with van der Waals surface area (Å²) in [4.78, 5) is 41.1. The number of nitrogens with one attached hydrogen (secondary N) is 1. The van der Waals surface area contributed by atoms with Crippen molar-refractivity contribution in [2.45, 2.75) is 72.9 Å². The summed E-state index contributed by atoms with van der Waals surface area (Å²) in [5.41, 5.74) is -0.448. The number of hydrogen-bond donors (Lipinski definition) is 2. The van der Waals surface area contributed by atoms with Gasteiger partial charge in [-0.05, 0) is 44.9 Å². The molecule has 0 saturated carbocycles. The maximum atomic E-state index is 13.4. The van der Waals surface area contributed by atoms with Gasteiger partial charge in [-0.1, -0.05) is 39.8 Å². The third-order valence-corrected chi connectivity index (χ3v) is 6.19. The Balaban J connectivity index is 2.39. The standard InChI is InChI=1S/C24H40N2O5/c1-8-15-10-11-16-18(17(15)22(30)31-9-2)21(29)26(12-13-27)19(16)20(28)25-24(6,7)14-23(3,4)5/h10-11,15-19,27H,8-9,12-14H2,1-7H3,(H,25,28)/t15-,16+,17-,18+,19+/m1/s1. The number of nitrogens with zero attached hydrogens (tertiary/aromatic N) is 1. The number of hydrogen-bond acceptors (Lipinski definition) is 5. The van der Waals surface area contributed by atoms with Crippen LogP contribution in [0, 0.1) is 29.1 Å². The number of carbonyl (C=O) groups is 3. The Morgan fingerprint density at radius 2 is 1.81 bits per heavy atom. The van der Waals surface area contributed by atoms with Gasteiger partial charge in [-0.3, -0.25) is 14.4 Å². The zero-order chi connectivity index (χ0) is 23.6. The Kier molecular flexibility index (Phi) is 7.95. The van der Waals surface area contributed by atoms with Crippen LogP contribution in [0.3, 0.4) is 0 Å². The predicted octanol–water partition coefficient (Wildman–Crippen LogP) is 2.53. The molecule has 31 heavy (non-hydrogen) atoms. The molecular formula is C24H40N2O5. The fraction of sp³-hybridized carbons (Fsp3) is 0.792. The van der Waals surface area contributed by atoms with Gasteiger partial charge in [-0.2, -0.15) is 0 Å². The number of ether oxygens (including phenoxy) is 1. The first kappa shape index (κ1) is 25.4. The molecule has 0 aromatic heterocycles. The second kappa shape index (κ2) is 9.72. The van der Waals surface area contributed by atoms with E-state index >= 15 is 0 Å². The van der Waals surface area contributed by atoms with Gasteiger partial charge in [-0.15, -0.1) is 0 Å². The average Bonchev–Trinajstić information content (AvgIpc) is 2.91. The van der Waals surface area contributed by atoms with E-state index in [1.165, 1.54) is 4.90 Å². The van der Waals surface area contributed by atoms with Gasteiger partial charge in [0.1, 0.15) is 6.04 Å². The summed E-state index contributed by atoms with van der Waals surface area (Å²) in [6, 6.07) is -0.755. The molecule has 0 bridgehead atoms. The van der Waals surface area contributed by atoms with Crippen LogP contribution in [-0.4, -0.2) is 59.1 Å². The van der Waals surface area contributed by atoms with Crippen molar-refractivity contribution in [3.8, 4) is 0 Å². The zero-order valence-corrected chi connectivity index (χ0v) is 20.1. The van der Waals surface area contributed by atoms with Gasteiger partial charge in [0.2, 0.25) is 11.8 Å². The lowest BCUT2D eigenvalue weighted by Crippen LogP contribution is -2.54. The van der Waals surface area contributed by atoms with Gasteiger partial charge < -0.3 is 20.1 Å². The Bertz CT molecular complexity index is 709. The number of aliphatic hydroxyl groups is 1. The number of β-amino-alcohol motifs (C(OH)–C–C–N with tert-alkyl or cyclic N) is 1. The third kappa shape index (κ3) is 5.68. The molecule has 2 N–H and O–H groups in total. The number of aliphatic hydroxyl groups excluding tert-OH is 1. The van der Waals surface area contributed by atoms with Crippen molar-refractivity contribution in [3.63, 3.8) is 0 Å². The van der Waals surface area contributed by atoms with Gasteiger partial charge in [0.15, 0.2) is 0 Å². The van der Waals surface area contributed by atoms with Crippen molar-refractivity contribution in [2.24, 2.45) is 29.1 Å². The molecular weight excluding hydrogens is 396 g/mol. The summed E-state index contributed by atoms with van der Waals surface area (Å²) in [6.07, 6.45) is 5.34. The Labute approximate surface area is 186 Å². The maximum absolute atomic E-state index is 13.4. The highest BCUT2D eigenvalue weighted by molar-refractivity contribution is 5.96. The van der Waals surface area contributed by atoms with E-state index in [4.69, 9.17) is 4.74 Å². The van der Waals surface area contributed by atoms with E-state index in [0.29, 0.717) is 6.42 Å². The summed E-state index contributed by atoms with van der Waals surface area (Å²) in [7, 11) is 0. The highest BCUT2D eigenvalue weighted by Crippen LogP contribution is 2.45. The highest BCUT2D eigenvalue weighted by Gasteiger charge is 2.57. The van der Waals surface area contributed by atoms with Gasteiger partial charge in [0.25, 0.3) is 0 Å². The van der Waals surface area contributed by atoms with E-state index in [0.717, 1.165) is 6.42 Å². The smallest absolute Gasteiger partial charge is 0.310 e. The second-order valence-electron chi connectivity index (χ2n) is 10.6. The minimum atomic E-state index is -0.755. The van der Waals surface area contributed by atoms with Crippen LogP contribution in [0.1, 0.15) is 61.3 Å². The van der Waals surface area contributed by atoms with Crippen LogP contribution >= 0.6 is 0 Å². The summed E-state index contributed by atoms with van der Waals surface area (Å²) in [5, 5.41) is 12.7. The predicted molar refractivity (Wildman–Crippen MR) is 119 cm³/mol. The van der Waals surface area contributed by atoms with E-state index in [-0.39, 0.29) is 48.9 Å². The van der Waals surface area contributed by atoms with Crippen LogP contribution in [0.15, 0.2) is 12.2 Å². The van der Waals surface area contributed by atoms with E-state index in [1.54, 1.807) is 6.92 Å². The summed E-state index contributed by atoms with van der Waals surface area (Å²) >= 11 is 0. The number of esters is 1. The van der Waals surface area contributed by atoms with Crippen molar-refractivity contribution >= 4 is 17.8 Å². The molecule has 2 amide bonds. The molecule has 1 aliphatic carbocycles. The molecule has 1 saturated heterocycles.